The number of ether oxygens (including phenoxy) is 1. The molecule has 0 radical (unpaired) electrons. The second-order valence-electron chi connectivity index (χ2n) is 7.25. The number of sulfone groups is 1. The standard InChI is InChI=1S/C18H27N3O3S/c1-4-19-17(21-9-10-25(22,23)18(2,3)13-21)20-12-15-11-14-7-5-6-8-16(14)24-15/h5-8,15H,4,9-13H2,1-3H3,(H,19,20). The van der Waals surface area contributed by atoms with E-state index in [4.69, 9.17) is 9.73 Å². The molecule has 0 spiro atoms. The first-order chi connectivity index (χ1) is 11.8. The van der Waals surface area contributed by atoms with Gasteiger partial charge in [-0.2, -0.15) is 0 Å². The normalized spacial score (nSPS) is 24.5. The zero-order chi connectivity index (χ0) is 18.1. The maximum atomic E-state index is 12.2. The van der Waals surface area contributed by atoms with Crippen molar-refractivity contribution < 1.29 is 13.2 Å². The maximum absolute atomic E-state index is 12.2. The molecule has 1 N–H and O–H groups in total. The molecule has 2 heterocycles. The first kappa shape index (κ1) is 18.0. The number of nitrogens with one attached hydrogen (secondary N) is 1. The van der Waals surface area contributed by atoms with Gasteiger partial charge in [-0.25, -0.2) is 13.4 Å². The second kappa shape index (κ2) is 6.86. The molecule has 2 aliphatic heterocycles. The Balaban J connectivity index is 1.68. The van der Waals surface area contributed by atoms with E-state index in [1.807, 2.05) is 30.0 Å². The van der Waals surface area contributed by atoms with Crippen LogP contribution in [0.5, 0.6) is 5.75 Å². The molecule has 0 saturated carbocycles. The summed E-state index contributed by atoms with van der Waals surface area (Å²) in [7, 11) is -3.06. The lowest BCUT2D eigenvalue weighted by molar-refractivity contribution is 0.240. The van der Waals surface area contributed by atoms with Gasteiger partial charge < -0.3 is 15.0 Å². The van der Waals surface area contributed by atoms with E-state index in [1.165, 1.54) is 5.56 Å². The van der Waals surface area contributed by atoms with Gasteiger partial charge in [0.05, 0.1) is 17.0 Å². The van der Waals surface area contributed by atoms with Crippen LogP contribution in [-0.2, 0) is 16.3 Å². The van der Waals surface area contributed by atoms with Crippen molar-refractivity contribution in [2.24, 2.45) is 4.99 Å². The number of fused-ring (bicyclic) bond motifs is 1. The predicted molar refractivity (Wildman–Crippen MR) is 100.0 cm³/mol. The third-order valence-corrected chi connectivity index (χ3v) is 7.37. The number of nitrogens with zero attached hydrogens (tertiary/aromatic N) is 2. The summed E-state index contributed by atoms with van der Waals surface area (Å²) in [4.78, 5) is 6.78. The minimum Gasteiger partial charge on any atom is -0.488 e. The zero-order valence-corrected chi connectivity index (χ0v) is 16.0. The Kier molecular flexibility index (Phi) is 4.95. The monoisotopic (exact) mass is 365 g/mol. The number of guanidine groups is 1. The average Bonchev–Trinajstić information content (AvgIpc) is 2.97. The molecular weight excluding hydrogens is 338 g/mol. The molecule has 2 aliphatic rings. The molecule has 0 aromatic heterocycles. The lowest BCUT2D eigenvalue weighted by atomic mass is 10.1. The predicted octanol–water partition coefficient (Wildman–Crippen LogP) is 1.46. The van der Waals surface area contributed by atoms with Crippen molar-refractivity contribution >= 4 is 15.8 Å². The lowest BCUT2D eigenvalue weighted by Gasteiger charge is -2.39. The minimum atomic E-state index is -3.06. The molecule has 6 nitrogen and oxygen atoms in total. The molecule has 1 saturated heterocycles. The van der Waals surface area contributed by atoms with Crippen LogP contribution in [0.25, 0.3) is 0 Å². The van der Waals surface area contributed by atoms with Crippen molar-refractivity contribution in [3.05, 3.63) is 29.8 Å². The average molecular weight is 365 g/mol. The van der Waals surface area contributed by atoms with Gasteiger partial charge in [0.15, 0.2) is 15.8 Å². The number of hydrogen-bond acceptors (Lipinski definition) is 4. The minimum absolute atomic E-state index is 0.0348. The van der Waals surface area contributed by atoms with Crippen molar-refractivity contribution in [1.29, 1.82) is 0 Å². The summed E-state index contributed by atoms with van der Waals surface area (Å²) in [6, 6.07) is 8.07. The Bertz CT molecular complexity index is 734. The quantitative estimate of drug-likeness (QED) is 0.649. The fraction of sp³-hybridized carbons (Fsp3) is 0.611. The third kappa shape index (κ3) is 3.76. The second-order valence-corrected chi connectivity index (χ2v) is 9.99. The van der Waals surface area contributed by atoms with Crippen LogP contribution in [0.2, 0.25) is 0 Å². The van der Waals surface area contributed by atoms with Gasteiger partial charge in [-0.1, -0.05) is 18.2 Å². The molecule has 3 rings (SSSR count). The number of rotatable bonds is 3. The molecule has 25 heavy (non-hydrogen) atoms. The molecule has 0 bridgehead atoms. The summed E-state index contributed by atoms with van der Waals surface area (Å²) in [5.74, 6) is 1.87. The molecule has 1 aromatic carbocycles. The Morgan fingerprint density at radius 1 is 1.40 bits per heavy atom. The number of benzene rings is 1. The fourth-order valence-electron chi connectivity index (χ4n) is 3.29. The van der Waals surface area contributed by atoms with E-state index in [2.05, 4.69) is 11.4 Å². The van der Waals surface area contributed by atoms with Crippen LogP contribution in [0.1, 0.15) is 26.3 Å². The summed E-state index contributed by atoms with van der Waals surface area (Å²) in [6.45, 7) is 7.82. The van der Waals surface area contributed by atoms with Crippen LogP contribution in [0.3, 0.4) is 0 Å². The highest BCUT2D eigenvalue weighted by molar-refractivity contribution is 7.92. The van der Waals surface area contributed by atoms with E-state index in [-0.39, 0.29) is 11.9 Å². The van der Waals surface area contributed by atoms with E-state index in [1.54, 1.807) is 13.8 Å². The van der Waals surface area contributed by atoms with Gasteiger partial charge >= 0.3 is 0 Å². The highest BCUT2D eigenvalue weighted by Gasteiger charge is 2.41. The van der Waals surface area contributed by atoms with Crippen LogP contribution in [-0.4, -0.2) is 62.1 Å². The van der Waals surface area contributed by atoms with Gasteiger partial charge in [0, 0.05) is 26.1 Å². The van der Waals surface area contributed by atoms with Gasteiger partial charge in [0.25, 0.3) is 0 Å². The topological polar surface area (TPSA) is 71.0 Å². The summed E-state index contributed by atoms with van der Waals surface area (Å²) in [5.41, 5.74) is 1.22. The Morgan fingerprint density at radius 3 is 2.84 bits per heavy atom. The van der Waals surface area contributed by atoms with Crippen LogP contribution in [0, 0.1) is 0 Å². The van der Waals surface area contributed by atoms with Crippen LogP contribution >= 0.6 is 0 Å². The van der Waals surface area contributed by atoms with Gasteiger partial charge in [0.1, 0.15) is 11.9 Å². The van der Waals surface area contributed by atoms with E-state index in [0.29, 0.717) is 19.6 Å². The van der Waals surface area contributed by atoms with Crippen molar-refractivity contribution in [2.75, 3.05) is 31.9 Å². The molecule has 1 fully saturated rings. The summed E-state index contributed by atoms with van der Waals surface area (Å²) < 4.78 is 29.6. The fourth-order valence-corrected chi connectivity index (χ4v) is 4.66. The van der Waals surface area contributed by atoms with Gasteiger partial charge in [-0.05, 0) is 32.4 Å². The summed E-state index contributed by atoms with van der Waals surface area (Å²) in [5, 5.41) is 3.29. The summed E-state index contributed by atoms with van der Waals surface area (Å²) >= 11 is 0. The Labute approximate surface area is 150 Å². The van der Waals surface area contributed by atoms with Crippen molar-refractivity contribution in [2.45, 2.75) is 38.0 Å². The number of aliphatic imine (C=N–C) groups is 1. The Hall–Kier alpha value is -1.76. The SMILES string of the molecule is CCNC(=NCC1Cc2ccccc2O1)N1CCS(=O)(=O)C(C)(C)C1. The van der Waals surface area contributed by atoms with E-state index >= 15 is 0 Å². The zero-order valence-electron chi connectivity index (χ0n) is 15.2. The third-order valence-electron chi connectivity index (χ3n) is 4.84. The smallest absolute Gasteiger partial charge is 0.194 e. The largest absolute Gasteiger partial charge is 0.488 e. The molecule has 1 atom stereocenters. The van der Waals surface area contributed by atoms with Crippen LogP contribution < -0.4 is 10.1 Å². The first-order valence-corrected chi connectivity index (χ1v) is 10.5. The highest BCUT2D eigenvalue weighted by Crippen LogP contribution is 2.28. The summed E-state index contributed by atoms with van der Waals surface area (Å²) in [6.07, 6.45) is 0.895. The van der Waals surface area contributed by atoms with Gasteiger partial charge in [-0.15, -0.1) is 0 Å². The van der Waals surface area contributed by atoms with Crippen LogP contribution in [0.4, 0.5) is 0 Å². The van der Waals surface area contributed by atoms with Gasteiger partial charge in [0.2, 0.25) is 0 Å². The van der Waals surface area contributed by atoms with Crippen molar-refractivity contribution in [3.8, 4) is 5.75 Å². The molecule has 1 aromatic rings. The van der Waals surface area contributed by atoms with E-state index in [9.17, 15) is 8.42 Å². The number of hydrogen-bond donors (Lipinski definition) is 1. The number of para-hydroxylation sites is 1. The maximum Gasteiger partial charge on any atom is 0.194 e. The lowest BCUT2D eigenvalue weighted by Crippen LogP contribution is -2.57. The Morgan fingerprint density at radius 2 is 2.16 bits per heavy atom. The van der Waals surface area contributed by atoms with E-state index in [0.717, 1.165) is 24.7 Å². The molecule has 7 heteroatoms. The molecule has 0 aliphatic carbocycles. The highest BCUT2D eigenvalue weighted by atomic mass is 32.2. The van der Waals surface area contributed by atoms with Crippen LogP contribution in [0.15, 0.2) is 29.3 Å². The molecule has 0 amide bonds. The van der Waals surface area contributed by atoms with E-state index < -0.39 is 14.6 Å². The first-order valence-electron chi connectivity index (χ1n) is 8.82. The molecule has 1 unspecified atom stereocenters. The molecular formula is C18H27N3O3S. The van der Waals surface area contributed by atoms with Gasteiger partial charge in [-0.3, -0.25) is 0 Å². The van der Waals surface area contributed by atoms with Crippen molar-refractivity contribution in [1.82, 2.24) is 10.2 Å². The van der Waals surface area contributed by atoms with Crippen molar-refractivity contribution in [3.63, 3.8) is 0 Å². The molecule has 138 valence electrons.